The first-order valence-electron chi connectivity index (χ1n) is 9.91. The average Bonchev–Trinajstić information content (AvgIpc) is 3.12. The van der Waals surface area contributed by atoms with Crippen LogP contribution in [-0.2, 0) is 4.79 Å². The molecule has 0 bridgehead atoms. The van der Waals surface area contributed by atoms with Gasteiger partial charge in [-0.3, -0.25) is 9.59 Å². The highest BCUT2D eigenvalue weighted by Crippen LogP contribution is 2.32. The van der Waals surface area contributed by atoms with E-state index in [0.717, 1.165) is 16.1 Å². The average molecular weight is 424 g/mol. The van der Waals surface area contributed by atoms with Crippen LogP contribution < -0.4 is 15.4 Å². The number of thiazole rings is 1. The van der Waals surface area contributed by atoms with E-state index in [0.29, 0.717) is 42.4 Å². The molecule has 0 fully saturated rings. The highest BCUT2D eigenvalue weighted by Gasteiger charge is 2.13. The Morgan fingerprint density at radius 1 is 1.07 bits per heavy atom. The number of aromatic nitrogens is 1. The Hall–Kier alpha value is -3.19. The van der Waals surface area contributed by atoms with Gasteiger partial charge in [-0.15, -0.1) is 0 Å². The Bertz CT molecular complexity index is 1000. The first-order valence-corrected chi connectivity index (χ1v) is 10.7. The van der Waals surface area contributed by atoms with E-state index in [9.17, 15) is 9.59 Å². The van der Waals surface area contributed by atoms with E-state index in [2.05, 4.69) is 15.6 Å². The van der Waals surface area contributed by atoms with E-state index in [1.165, 1.54) is 11.3 Å². The van der Waals surface area contributed by atoms with Gasteiger partial charge in [0.05, 0.1) is 22.7 Å². The van der Waals surface area contributed by atoms with Gasteiger partial charge in [-0.1, -0.05) is 53.8 Å². The second kappa shape index (κ2) is 10.5. The number of nitrogens with zero attached hydrogens (tertiary/aromatic N) is 1. The van der Waals surface area contributed by atoms with Crippen LogP contribution >= 0.6 is 11.3 Å². The summed E-state index contributed by atoms with van der Waals surface area (Å²) in [4.78, 5) is 30.1. The molecule has 0 aliphatic heterocycles. The number of anilines is 1. The predicted octanol–water partition coefficient (Wildman–Crippen LogP) is 4.67. The van der Waals surface area contributed by atoms with E-state index in [1.807, 2.05) is 50.2 Å². The minimum atomic E-state index is -0.206. The number of ether oxygens (including phenoxy) is 1. The van der Waals surface area contributed by atoms with Crippen molar-refractivity contribution in [3.63, 3.8) is 0 Å². The van der Waals surface area contributed by atoms with Gasteiger partial charge in [-0.05, 0) is 38.0 Å². The lowest BCUT2D eigenvalue weighted by Gasteiger charge is -2.10. The number of amides is 2. The van der Waals surface area contributed by atoms with Crippen LogP contribution in [-0.4, -0.2) is 29.9 Å². The Labute approximate surface area is 180 Å². The summed E-state index contributed by atoms with van der Waals surface area (Å²) < 4.78 is 5.48. The lowest BCUT2D eigenvalue weighted by atomic mass is 10.2. The van der Waals surface area contributed by atoms with Gasteiger partial charge in [0.2, 0.25) is 5.91 Å². The van der Waals surface area contributed by atoms with Crippen LogP contribution in [0.1, 0.15) is 35.8 Å². The Balaban J connectivity index is 1.46. The number of hydrogen-bond acceptors (Lipinski definition) is 5. The minimum Gasteiger partial charge on any atom is -0.493 e. The SMILES string of the molecule is CCOc1ccccc1C(=O)NCCCC(=O)Nc1nc(C)c(-c2ccccc2)s1. The summed E-state index contributed by atoms with van der Waals surface area (Å²) in [5.41, 5.74) is 2.47. The minimum absolute atomic E-state index is 0.118. The van der Waals surface area contributed by atoms with Crippen molar-refractivity contribution in [1.29, 1.82) is 0 Å². The van der Waals surface area contributed by atoms with Gasteiger partial charge >= 0.3 is 0 Å². The largest absolute Gasteiger partial charge is 0.493 e. The molecule has 156 valence electrons. The molecule has 2 aromatic carbocycles. The molecule has 1 heterocycles. The summed E-state index contributed by atoms with van der Waals surface area (Å²) in [5.74, 6) is 0.235. The zero-order valence-electron chi connectivity index (χ0n) is 17.1. The number of benzene rings is 2. The van der Waals surface area contributed by atoms with Crippen molar-refractivity contribution < 1.29 is 14.3 Å². The van der Waals surface area contributed by atoms with Crippen LogP contribution in [0.5, 0.6) is 5.75 Å². The fourth-order valence-electron chi connectivity index (χ4n) is 2.97. The molecule has 0 atom stereocenters. The number of hydrogen-bond donors (Lipinski definition) is 2. The Morgan fingerprint density at radius 3 is 2.57 bits per heavy atom. The summed E-state index contributed by atoms with van der Waals surface area (Å²) in [5, 5.41) is 6.28. The van der Waals surface area contributed by atoms with E-state index in [4.69, 9.17) is 4.74 Å². The summed E-state index contributed by atoms with van der Waals surface area (Å²) in [6, 6.07) is 17.1. The molecule has 3 rings (SSSR count). The van der Waals surface area contributed by atoms with Crippen molar-refractivity contribution in [2.45, 2.75) is 26.7 Å². The van der Waals surface area contributed by atoms with E-state index in [1.54, 1.807) is 18.2 Å². The first-order chi connectivity index (χ1) is 14.6. The van der Waals surface area contributed by atoms with Crippen molar-refractivity contribution in [2.75, 3.05) is 18.5 Å². The third-order valence-corrected chi connectivity index (χ3v) is 5.50. The van der Waals surface area contributed by atoms with Crippen LogP contribution in [0.3, 0.4) is 0 Å². The number of rotatable bonds is 9. The van der Waals surface area contributed by atoms with Crippen LogP contribution in [0.15, 0.2) is 54.6 Å². The summed E-state index contributed by atoms with van der Waals surface area (Å²) >= 11 is 1.46. The van der Waals surface area contributed by atoms with Crippen LogP contribution in [0.2, 0.25) is 0 Å². The molecule has 0 saturated heterocycles. The molecule has 3 aromatic rings. The fourth-order valence-corrected chi connectivity index (χ4v) is 3.96. The summed E-state index contributed by atoms with van der Waals surface area (Å²) in [6.07, 6.45) is 0.830. The molecule has 30 heavy (non-hydrogen) atoms. The lowest BCUT2D eigenvalue weighted by Crippen LogP contribution is -2.26. The predicted molar refractivity (Wildman–Crippen MR) is 120 cm³/mol. The van der Waals surface area contributed by atoms with Crippen molar-refractivity contribution >= 4 is 28.3 Å². The van der Waals surface area contributed by atoms with Crippen molar-refractivity contribution in [2.24, 2.45) is 0 Å². The highest BCUT2D eigenvalue weighted by molar-refractivity contribution is 7.19. The molecule has 0 aliphatic carbocycles. The molecule has 6 nitrogen and oxygen atoms in total. The van der Waals surface area contributed by atoms with Crippen LogP contribution in [0.4, 0.5) is 5.13 Å². The second-order valence-corrected chi connectivity index (χ2v) is 7.64. The number of nitrogens with one attached hydrogen (secondary N) is 2. The second-order valence-electron chi connectivity index (χ2n) is 6.64. The van der Waals surface area contributed by atoms with Gasteiger partial charge in [0.15, 0.2) is 5.13 Å². The maximum atomic E-state index is 12.4. The summed E-state index contributed by atoms with van der Waals surface area (Å²) in [7, 11) is 0. The first kappa shape index (κ1) is 21.5. The number of para-hydroxylation sites is 1. The number of carbonyl (C=O) groups excluding carboxylic acids is 2. The number of carbonyl (C=O) groups is 2. The van der Waals surface area contributed by atoms with Crippen molar-refractivity contribution in [3.05, 3.63) is 65.9 Å². The standard InChI is InChI=1S/C23H25N3O3S/c1-3-29-19-13-8-7-12-18(19)22(28)24-15-9-14-20(27)26-23-25-16(2)21(30-23)17-10-5-4-6-11-17/h4-8,10-13H,3,9,14-15H2,1-2H3,(H,24,28)(H,25,26,27). The van der Waals surface area contributed by atoms with Crippen molar-refractivity contribution in [3.8, 4) is 16.2 Å². The topological polar surface area (TPSA) is 80.3 Å². The monoisotopic (exact) mass is 423 g/mol. The molecule has 0 spiro atoms. The maximum Gasteiger partial charge on any atom is 0.255 e. The third kappa shape index (κ3) is 5.67. The zero-order valence-corrected chi connectivity index (χ0v) is 17.9. The fraction of sp³-hybridized carbons (Fsp3) is 0.261. The zero-order chi connectivity index (χ0) is 21.3. The smallest absolute Gasteiger partial charge is 0.255 e. The molecular formula is C23H25N3O3S. The summed E-state index contributed by atoms with van der Waals surface area (Å²) in [6.45, 7) is 4.70. The molecular weight excluding hydrogens is 398 g/mol. The molecule has 2 amide bonds. The molecule has 2 N–H and O–H groups in total. The number of aryl methyl sites for hydroxylation is 1. The quantitative estimate of drug-likeness (QED) is 0.490. The molecule has 0 aliphatic rings. The van der Waals surface area contributed by atoms with E-state index in [-0.39, 0.29) is 11.8 Å². The Kier molecular flexibility index (Phi) is 7.57. The maximum absolute atomic E-state index is 12.4. The van der Waals surface area contributed by atoms with Crippen LogP contribution in [0, 0.1) is 6.92 Å². The lowest BCUT2D eigenvalue weighted by molar-refractivity contribution is -0.116. The van der Waals surface area contributed by atoms with Gasteiger partial charge in [0.25, 0.3) is 5.91 Å². The van der Waals surface area contributed by atoms with E-state index >= 15 is 0 Å². The van der Waals surface area contributed by atoms with Gasteiger partial charge in [-0.25, -0.2) is 4.98 Å². The molecule has 0 unspecified atom stereocenters. The third-order valence-electron chi connectivity index (χ3n) is 4.38. The Morgan fingerprint density at radius 2 is 1.80 bits per heavy atom. The molecule has 1 aromatic heterocycles. The van der Waals surface area contributed by atoms with Gasteiger partial charge in [-0.2, -0.15) is 0 Å². The van der Waals surface area contributed by atoms with Crippen LogP contribution in [0.25, 0.3) is 10.4 Å². The van der Waals surface area contributed by atoms with Gasteiger partial charge < -0.3 is 15.4 Å². The van der Waals surface area contributed by atoms with Gasteiger partial charge in [0, 0.05) is 13.0 Å². The molecule has 0 radical (unpaired) electrons. The van der Waals surface area contributed by atoms with Crippen molar-refractivity contribution in [1.82, 2.24) is 10.3 Å². The van der Waals surface area contributed by atoms with E-state index < -0.39 is 0 Å². The highest BCUT2D eigenvalue weighted by atomic mass is 32.1. The normalized spacial score (nSPS) is 10.5. The molecule has 0 saturated carbocycles. The molecule has 7 heteroatoms. The van der Waals surface area contributed by atoms with Gasteiger partial charge in [0.1, 0.15) is 5.75 Å².